The maximum absolute atomic E-state index is 14.9. The molecule has 1 atom stereocenters. The average Bonchev–Trinajstić information content (AvgIpc) is 2.77. The standard InChI is InChI=1S/C29H46F2.2H2/c1-4-6-7-8-10-21(3)29-27(30)19-26(20-28(29)31)25-17-15-24(16-18-25)23-13-11-22(9-5-2)12-14-23;;/h19-25H,4-18H2,1-3H3;2*1H. The third-order valence-electron chi connectivity index (χ3n) is 8.58. The molecule has 180 valence electrons. The molecule has 0 bridgehead atoms. The molecular weight excluding hydrogens is 386 g/mol. The van der Waals surface area contributed by atoms with Gasteiger partial charge in [0.25, 0.3) is 0 Å². The van der Waals surface area contributed by atoms with Crippen LogP contribution in [0.3, 0.4) is 0 Å². The minimum absolute atomic E-state index is 0. The topological polar surface area (TPSA) is 0 Å². The lowest BCUT2D eigenvalue weighted by molar-refractivity contribution is 0.156. The van der Waals surface area contributed by atoms with Crippen LogP contribution in [-0.2, 0) is 0 Å². The van der Waals surface area contributed by atoms with Gasteiger partial charge in [-0.3, -0.25) is 0 Å². The van der Waals surface area contributed by atoms with Gasteiger partial charge in [-0.2, -0.15) is 0 Å². The Balaban J connectivity index is 0.00000272. The Morgan fingerprint density at radius 1 is 0.806 bits per heavy atom. The summed E-state index contributed by atoms with van der Waals surface area (Å²) in [6.07, 6.45) is 18.6. The quantitative estimate of drug-likeness (QED) is 0.320. The highest BCUT2D eigenvalue weighted by molar-refractivity contribution is 5.31. The van der Waals surface area contributed by atoms with E-state index in [0.29, 0.717) is 11.5 Å². The molecule has 0 nitrogen and oxygen atoms in total. The Kier molecular flexibility index (Phi) is 9.85. The molecular formula is C29H50F2. The van der Waals surface area contributed by atoms with E-state index >= 15 is 0 Å². The van der Waals surface area contributed by atoms with E-state index in [-0.39, 0.29) is 20.4 Å². The third-order valence-corrected chi connectivity index (χ3v) is 8.58. The van der Waals surface area contributed by atoms with Gasteiger partial charge in [-0.1, -0.05) is 72.1 Å². The van der Waals surface area contributed by atoms with Crippen molar-refractivity contribution >= 4 is 0 Å². The molecule has 0 N–H and O–H groups in total. The van der Waals surface area contributed by atoms with Gasteiger partial charge in [0, 0.05) is 8.42 Å². The second kappa shape index (κ2) is 12.4. The zero-order valence-electron chi connectivity index (χ0n) is 20.4. The highest BCUT2D eigenvalue weighted by Gasteiger charge is 2.31. The van der Waals surface area contributed by atoms with Crippen molar-refractivity contribution in [2.45, 2.75) is 129 Å². The number of benzene rings is 1. The molecule has 2 aliphatic carbocycles. The maximum atomic E-state index is 14.9. The molecule has 0 amide bonds. The highest BCUT2D eigenvalue weighted by atomic mass is 19.1. The fraction of sp³-hybridized carbons (Fsp3) is 0.793. The van der Waals surface area contributed by atoms with Crippen LogP contribution in [0.5, 0.6) is 0 Å². The summed E-state index contributed by atoms with van der Waals surface area (Å²) in [5.41, 5.74) is 1.22. The van der Waals surface area contributed by atoms with Crippen molar-refractivity contribution in [1.29, 1.82) is 0 Å². The van der Waals surface area contributed by atoms with E-state index < -0.39 is 0 Å². The first-order valence-electron chi connectivity index (χ1n) is 13.5. The van der Waals surface area contributed by atoms with Crippen molar-refractivity contribution in [3.8, 4) is 0 Å². The van der Waals surface area contributed by atoms with Crippen LogP contribution in [0.1, 0.15) is 143 Å². The molecule has 1 aromatic rings. The molecule has 2 heteroatoms. The van der Waals surface area contributed by atoms with Crippen LogP contribution in [0.15, 0.2) is 12.1 Å². The monoisotopic (exact) mass is 436 g/mol. The van der Waals surface area contributed by atoms with Crippen LogP contribution in [0.25, 0.3) is 0 Å². The molecule has 0 aliphatic heterocycles. The predicted octanol–water partition coefficient (Wildman–Crippen LogP) is 10.4. The molecule has 0 heterocycles. The lowest BCUT2D eigenvalue weighted by Crippen LogP contribution is -2.25. The number of hydrogen-bond donors (Lipinski definition) is 0. The molecule has 0 aromatic heterocycles. The molecule has 2 fully saturated rings. The summed E-state index contributed by atoms with van der Waals surface area (Å²) in [4.78, 5) is 0. The third kappa shape index (κ3) is 6.78. The molecule has 0 radical (unpaired) electrons. The summed E-state index contributed by atoms with van der Waals surface area (Å²) >= 11 is 0. The van der Waals surface area contributed by atoms with E-state index in [9.17, 15) is 8.78 Å². The summed E-state index contributed by atoms with van der Waals surface area (Å²) in [7, 11) is 0. The molecule has 3 rings (SSSR count). The zero-order chi connectivity index (χ0) is 22.2. The van der Waals surface area contributed by atoms with E-state index in [2.05, 4.69) is 13.8 Å². The summed E-state index contributed by atoms with van der Waals surface area (Å²) in [5, 5.41) is 0. The number of rotatable bonds is 10. The van der Waals surface area contributed by atoms with Gasteiger partial charge < -0.3 is 0 Å². The zero-order valence-corrected chi connectivity index (χ0v) is 20.4. The lowest BCUT2D eigenvalue weighted by atomic mass is 9.68. The molecule has 1 aromatic carbocycles. The first kappa shape index (κ1) is 24.7. The summed E-state index contributed by atoms with van der Waals surface area (Å²) in [6.45, 7) is 6.47. The van der Waals surface area contributed by atoms with Crippen LogP contribution in [0, 0.1) is 29.4 Å². The first-order valence-corrected chi connectivity index (χ1v) is 13.5. The molecule has 0 spiro atoms. The summed E-state index contributed by atoms with van der Waals surface area (Å²) in [6, 6.07) is 3.34. The fourth-order valence-electron chi connectivity index (χ4n) is 6.61. The first-order chi connectivity index (χ1) is 15.0. The molecule has 1 unspecified atom stereocenters. The minimum atomic E-state index is -0.311. The van der Waals surface area contributed by atoms with E-state index in [1.807, 2.05) is 6.92 Å². The summed E-state index contributed by atoms with van der Waals surface area (Å²) in [5.74, 6) is 2.39. The number of halogens is 2. The Morgan fingerprint density at radius 3 is 1.94 bits per heavy atom. The van der Waals surface area contributed by atoms with Crippen LogP contribution >= 0.6 is 0 Å². The predicted molar refractivity (Wildman–Crippen MR) is 133 cm³/mol. The van der Waals surface area contributed by atoms with E-state index in [4.69, 9.17) is 0 Å². The van der Waals surface area contributed by atoms with Gasteiger partial charge in [0.05, 0.1) is 0 Å². The van der Waals surface area contributed by atoms with Crippen molar-refractivity contribution in [2.75, 3.05) is 0 Å². The van der Waals surface area contributed by atoms with Crippen molar-refractivity contribution in [1.82, 2.24) is 0 Å². The fourth-order valence-corrected chi connectivity index (χ4v) is 6.61. The Morgan fingerprint density at radius 2 is 1.39 bits per heavy atom. The second-order valence-corrected chi connectivity index (χ2v) is 10.8. The molecule has 2 aliphatic rings. The molecule has 2 saturated carbocycles. The second-order valence-electron chi connectivity index (χ2n) is 10.8. The Labute approximate surface area is 193 Å². The molecule has 31 heavy (non-hydrogen) atoms. The van der Waals surface area contributed by atoms with Gasteiger partial charge in [-0.15, -0.1) is 0 Å². The van der Waals surface area contributed by atoms with Gasteiger partial charge in [0.15, 0.2) is 0 Å². The number of unbranched alkanes of at least 4 members (excludes halogenated alkanes) is 3. The SMILES string of the molecule is CCCCCCC(C)c1c(F)cc(C2CCC(C3CCC(CCC)CC3)CC2)cc1F.[HH].[HH]. The van der Waals surface area contributed by atoms with Crippen molar-refractivity contribution in [3.63, 3.8) is 0 Å². The lowest BCUT2D eigenvalue weighted by Gasteiger charge is -2.38. The van der Waals surface area contributed by atoms with Crippen LogP contribution in [0.2, 0.25) is 0 Å². The van der Waals surface area contributed by atoms with Gasteiger partial charge >= 0.3 is 0 Å². The van der Waals surface area contributed by atoms with Crippen LogP contribution in [-0.4, -0.2) is 0 Å². The van der Waals surface area contributed by atoms with Gasteiger partial charge in [0.2, 0.25) is 0 Å². The van der Waals surface area contributed by atoms with E-state index in [1.165, 1.54) is 64.2 Å². The smallest absolute Gasteiger partial charge is 0.129 e. The normalized spacial score (nSPS) is 27.9. The Bertz CT molecular complexity index is 639. The van der Waals surface area contributed by atoms with E-state index in [1.54, 1.807) is 12.1 Å². The van der Waals surface area contributed by atoms with Crippen molar-refractivity contribution < 1.29 is 11.6 Å². The summed E-state index contributed by atoms with van der Waals surface area (Å²) < 4.78 is 29.8. The molecule has 0 saturated heterocycles. The minimum Gasteiger partial charge on any atom is -0.207 e. The number of hydrogen-bond acceptors (Lipinski definition) is 0. The van der Waals surface area contributed by atoms with Gasteiger partial charge in [-0.25, -0.2) is 8.78 Å². The van der Waals surface area contributed by atoms with Gasteiger partial charge in [0.1, 0.15) is 11.6 Å². The van der Waals surface area contributed by atoms with Gasteiger partial charge in [-0.05, 0) is 92.2 Å². The largest absolute Gasteiger partial charge is 0.207 e. The van der Waals surface area contributed by atoms with Crippen LogP contribution in [0.4, 0.5) is 8.78 Å². The highest BCUT2D eigenvalue weighted by Crippen LogP contribution is 2.45. The van der Waals surface area contributed by atoms with E-state index in [0.717, 1.165) is 55.4 Å². The maximum Gasteiger partial charge on any atom is 0.129 e. The van der Waals surface area contributed by atoms with Crippen molar-refractivity contribution in [3.05, 3.63) is 34.9 Å². The average molecular weight is 437 g/mol. The Hall–Kier alpha value is -0.920. The van der Waals surface area contributed by atoms with Crippen LogP contribution < -0.4 is 0 Å². The van der Waals surface area contributed by atoms with Crippen molar-refractivity contribution in [2.24, 2.45) is 17.8 Å².